The molecule has 2 atom stereocenters. The van der Waals surface area contributed by atoms with Gasteiger partial charge in [0.05, 0.1) is 66.9 Å². The molecule has 0 aromatic carbocycles. The minimum absolute atomic E-state index is 0. The van der Waals surface area contributed by atoms with Gasteiger partial charge in [0.1, 0.15) is 20.2 Å². The minimum Gasteiger partial charge on any atom is -0.466 e. The largest absolute Gasteiger partial charge is 0.466 e. The predicted octanol–water partition coefficient (Wildman–Crippen LogP) is 14.9. The molecule has 3 amide bonds. The lowest BCUT2D eigenvalue weighted by Crippen LogP contribution is -2.65. The van der Waals surface area contributed by atoms with Crippen LogP contribution in [-0.2, 0) is 47.8 Å². The molecule has 84 heavy (non-hydrogen) atoms. The molecule has 3 N–H and O–H groups in total. The van der Waals surface area contributed by atoms with Crippen LogP contribution in [0.2, 0.25) is 0 Å². The van der Waals surface area contributed by atoms with Gasteiger partial charge in [-0.25, -0.2) is 4.79 Å². The summed E-state index contributed by atoms with van der Waals surface area (Å²) in [5, 5.41) is 8.76. The maximum atomic E-state index is 14.5. The van der Waals surface area contributed by atoms with Crippen LogP contribution in [0.4, 0.5) is 0 Å². The molecule has 0 aliphatic heterocycles. The second-order valence-electron chi connectivity index (χ2n) is 29.1. The molecule has 0 aliphatic rings. The Balaban J connectivity index is -0.000000160. The number of rotatable bonds is 33. The van der Waals surface area contributed by atoms with Gasteiger partial charge in [-0.15, -0.1) is 0 Å². The number of esters is 1. The number of carbonyl (C=O) groups excluding carboxylic acids is 7. The summed E-state index contributed by atoms with van der Waals surface area (Å²) in [7, 11) is 13.2. The van der Waals surface area contributed by atoms with Gasteiger partial charge in [-0.2, -0.15) is 0 Å². The molecule has 15 heteroatoms. The van der Waals surface area contributed by atoms with Crippen LogP contribution in [0, 0.1) is 54.7 Å². The van der Waals surface area contributed by atoms with E-state index in [0.29, 0.717) is 37.0 Å². The van der Waals surface area contributed by atoms with Crippen molar-refractivity contribution in [3.05, 3.63) is 0 Å². The van der Waals surface area contributed by atoms with Gasteiger partial charge in [-0.3, -0.25) is 19.2 Å². The van der Waals surface area contributed by atoms with Crippen LogP contribution in [0.3, 0.4) is 0 Å². The fourth-order valence-electron chi connectivity index (χ4n) is 11.0. The Morgan fingerprint density at radius 2 is 0.964 bits per heavy atom. The second-order valence-corrected chi connectivity index (χ2v) is 29.1. The molecule has 0 spiro atoms. The van der Waals surface area contributed by atoms with Crippen LogP contribution < -0.4 is 16.0 Å². The Kier molecular flexibility index (Phi) is 56.4. The van der Waals surface area contributed by atoms with Gasteiger partial charge in [-0.1, -0.05) is 213 Å². The van der Waals surface area contributed by atoms with Crippen molar-refractivity contribution in [1.82, 2.24) is 16.0 Å². The zero-order chi connectivity index (χ0) is 66.9. The summed E-state index contributed by atoms with van der Waals surface area (Å²) in [6.45, 7) is 65.8. The zero-order valence-corrected chi connectivity index (χ0v) is 60.1. The molecule has 0 aromatic heterocycles. The molecule has 0 heterocycles. The summed E-state index contributed by atoms with van der Waals surface area (Å²) in [5.41, 5.74) is -1.33. The Morgan fingerprint density at radius 1 is 0.548 bits per heavy atom. The van der Waals surface area contributed by atoms with Crippen LogP contribution >= 0.6 is 0 Å². The number of nitrogens with zero attached hydrogens (tertiary/aromatic N) is 2. The van der Waals surface area contributed by atoms with Gasteiger partial charge in [0, 0.05) is 46.6 Å². The molecule has 2 unspecified atom stereocenters. The lowest BCUT2D eigenvalue weighted by molar-refractivity contribution is -0.890. The molecule has 0 bridgehead atoms. The molecule has 0 aromatic rings. The molecule has 508 valence electrons. The Morgan fingerprint density at radius 3 is 1.36 bits per heavy atom. The monoisotopic (exact) mass is 1210 g/mol. The fourth-order valence-corrected chi connectivity index (χ4v) is 11.0. The van der Waals surface area contributed by atoms with E-state index in [4.69, 9.17) is 14.3 Å². The SMILES string of the molecule is C.C.C=O.C=O.CC.CCCC(C)CCCCC(=O)NCCOC=O.CCCC[N+](C)(C)CCCNC=O.COC.COC(=O)C[N+](C)(C)CCCNC(=O)C(C)(CC(C)(C)C)C(C)(C)C(C)(C)C(C)(C)C(C)(C)C(C)(C)C(C)(C)C(C)(C)C. The molecule has 15 nitrogen and oxygen atoms in total. The van der Waals surface area contributed by atoms with Crippen molar-refractivity contribution < 1.29 is 56.7 Å². The van der Waals surface area contributed by atoms with E-state index in [2.05, 4.69) is 192 Å². The van der Waals surface area contributed by atoms with E-state index in [1.165, 1.54) is 45.8 Å². The van der Waals surface area contributed by atoms with Crippen LogP contribution in [-0.4, -0.2) is 155 Å². The van der Waals surface area contributed by atoms with Crippen LogP contribution in [0.1, 0.15) is 252 Å². The van der Waals surface area contributed by atoms with Gasteiger partial charge in [0.2, 0.25) is 18.2 Å². The summed E-state index contributed by atoms with van der Waals surface area (Å²) >= 11 is 0. The summed E-state index contributed by atoms with van der Waals surface area (Å²) < 4.78 is 15.2. The highest BCUT2D eigenvalue weighted by Crippen LogP contribution is 2.72. The quantitative estimate of drug-likeness (QED) is 0.0247. The molecule has 0 saturated heterocycles. The van der Waals surface area contributed by atoms with Crippen LogP contribution in [0.5, 0.6) is 0 Å². The highest BCUT2D eigenvalue weighted by molar-refractivity contribution is 5.83. The summed E-state index contributed by atoms with van der Waals surface area (Å²) in [5.74, 6) is 0.726. The molecule has 0 rings (SSSR count). The molecule has 0 radical (unpaired) electrons. The number of methoxy groups -OCH3 is 2. The van der Waals surface area contributed by atoms with E-state index >= 15 is 0 Å². The van der Waals surface area contributed by atoms with Crippen LogP contribution in [0.25, 0.3) is 0 Å². The average Bonchev–Trinajstić information content (AvgIpc) is 3.37. The summed E-state index contributed by atoms with van der Waals surface area (Å²) in [6.07, 6.45) is 12.3. The lowest BCUT2D eigenvalue weighted by atomic mass is 9.35. The van der Waals surface area contributed by atoms with Gasteiger partial charge in [-0.05, 0) is 68.5 Å². The lowest BCUT2D eigenvalue weighted by Gasteiger charge is -2.69. The minimum atomic E-state index is -0.623. The van der Waals surface area contributed by atoms with Crippen molar-refractivity contribution in [2.45, 2.75) is 252 Å². The number of quaternary nitrogens is 2. The molecular formula is C69H149N5O10+2. The summed E-state index contributed by atoms with van der Waals surface area (Å²) in [4.78, 5) is 73.5. The number of carbonyl (C=O) groups is 7. The third-order valence-electron chi connectivity index (χ3n) is 19.5. The highest BCUT2D eigenvalue weighted by Gasteiger charge is 2.67. The standard InChI is InChI=1S/C38H76N2O3.C13H25NO3.C10H22N2O.C2H6O.C2H6.2CH2O.2CH4/c1-30(2,3)27-38(19,29(42)39-24-23-25-40(20,21)26-28(41)43-22)37(17,18)36(15,16)35(13,14)34(11,12)33(9,10)32(7,8)31(4,5)6;1-3-6-12(2)7-4-5-8-13(16)14-9-10-17-11-15;1-4-5-8-12(2,3)9-6-7-11-10-13;1-3-2;3*1-2;;/h23-27H2,1-22H3;11-12H,3-10H2,1-2H3,(H,14,16);10H,4-9H2,1-3H3;1-2H3;1-2H3;2*1H2;2*1H4/p+2. The Hall–Kier alpha value is -3.43. The number of unbranched alkanes of at least 4 members (excludes halogenated alkanes) is 2. The Bertz CT molecular complexity index is 1660. The number of hydrogen-bond donors (Lipinski definition) is 3. The van der Waals surface area contributed by atoms with Crippen molar-refractivity contribution in [3.63, 3.8) is 0 Å². The summed E-state index contributed by atoms with van der Waals surface area (Å²) in [6, 6.07) is 0. The van der Waals surface area contributed by atoms with E-state index < -0.39 is 5.41 Å². The maximum absolute atomic E-state index is 14.5. The van der Waals surface area contributed by atoms with Crippen molar-refractivity contribution in [2.24, 2.45) is 54.7 Å². The number of amides is 3. The van der Waals surface area contributed by atoms with Crippen LogP contribution in [0.15, 0.2) is 0 Å². The second kappa shape index (κ2) is 47.6. The van der Waals surface area contributed by atoms with Gasteiger partial charge in [0.25, 0.3) is 6.47 Å². The first-order valence-electron chi connectivity index (χ1n) is 30.7. The zero-order valence-electron chi connectivity index (χ0n) is 60.1. The third kappa shape index (κ3) is 36.0. The Labute approximate surface area is 523 Å². The smallest absolute Gasteiger partial charge is 0.361 e. The highest BCUT2D eigenvalue weighted by atomic mass is 16.5. The molecule has 0 saturated carbocycles. The first-order valence-corrected chi connectivity index (χ1v) is 30.7. The van der Waals surface area contributed by atoms with Crippen molar-refractivity contribution in [3.8, 4) is 0 Å². The van der Waals surface area contributed by atoms with E-state index in [9.17, 15) is 24.0 Å². The number of nitrogens with one attached hydrogen (secondary N) is 3. The van der Waals surface area contributed by atoms with Crippen molar-refractivity contribution in [1.29, 1.82) is 0 Å². The normalized spacial score (nSPS) is 13.0. The molecule has 0 fully saturated rings. The topological polar surface area (TPSA) is 183 Å². The molecular weight excluding hydrogens is 1060 g/mol. The molecule has 0 aliphatic carbocycles. The number of ether oxygens (including phenoxy) is 3. The van der Waals surface area contributed by atoms with E-state index in [-0.39, 0.29) is 82.6 Å². The van der Waals surface area contributed by atoms with E-state index in [1.54, 1.807) is 14.2 Å². The van der Waals surface area contributed by atoms with Gasteiger partial charge in [0.15, 0.2) is 6.54 Å². The first-order chi connectivity index (χ1) is 37.3. The fraction of sp³-hybridized carbons (Fsp3) is 0.899. The number of hydrogen-bond acceptors (Lipinski definition) is 10. The van der Waals surface area contributed by atoms with Gasteiger partial charge >= 0.3 is 5.97 Å². The maximum Gasteiger partial charge on any atom is 0.361 e. The number of likely N-dealkylation sites (N-methyl/N-ethyl adjacent to an activating group) is 1. The third-order valence-corrected chi connectivity index (χ3v) is 19.5. The van der Waals surface area contributed by atoms with Crippen molar-refractivity contribution >= 4 is 44.2 Å². The van der Waals surface area contributed by atoms with E-state index in [0.717, 1.165) is 68.5 Å². The van der Waals surface area contributed by atoms with Gasteiger partial charge < -0.3 is 48.7 Å². The van der Waals surface area contributed by atoms with E-state index in [1.807, 2.05) is 41.5 Å². The first kappa shape index (κ1) is 99.6. The predicted molar refractivity (Wildman–Crippen MR) is 361 cm³/mol. The average molecular weight is 1210 g/mol. The van der Waals surface area contributed by atoms with Crippen molar-refractivity contribution in [2.75, 3.05) is 102 Å².